The van der Waals surface area contributed by atoms with Gasteiger partial charge in [-0.3, -0.25) is 14.9 Å². The summed E-state index contributed by atoms with van der Waals surface area (Å²) >= 11 is 1.48. The summed E-state index contributed by atoms with van der Waals surface area (Å²) in [5.74, 6) is 0.950. The Balaban J connectivity index is 0.000000709. The number of allylic oxidation sites excluding steroid dienone is 1. The van der Waals surface area contributed by atoms with Crippen molar-refractivity contribution in [1.82, 2.24) is 0 Å². The maximum atomic E-state index is 12.0. The zero-order valence-corrected chi connectivity index (χ0v) is 20.9. The molecule has 1 saturated heterocycles. The fourth-order valence-electron chi connectivity index (χ4n) is 4.29. The van der Waals surface area contributed by atoms with Crippen LogP contribution in [-0.2, 0) is 19.0 Å². The summed E-state index contributed by atoms with van der Waals surface area (Å²) in [6, 6.07) is 17.3. The molecule has 36 heavy (non-hydrogen) atoms. The normalized spacial score (nSPS) is 16.0. The number of para-hydroxylation sites is 1. The van der Waals surface area contributed by atoms with E-state index < -0.39 is 5.79 Å². The minimum atomic E-state index is -0.540. The van der Waals surface area contributed by atoms with Crippen LogP contribution in [0.1, 0.15) is 29.7 Å². The van der Waals surface area contributed by atoms with Gasteiger partial charge in [0, 0.05) is 23.3 Å². The summed E-state index contributed by atoms with van der Waals surface area (Å²) in [4.78, 5) is 22.3. The lowest BCUT2D eigenvalue weighted by molar-refractivity contribution is -0.385. The van der Waals surface area contributed by atoms with E-state index in [9.17, 15) is 10.1 Å². The number of hydrogen-bond acceptors (Lipinski definition) is 8. The Bertz CT molecular complexity index is 1230. The molecule has 188 valence electrons. The van der Waals surface area contributed by atoms with E-state index in [4.69, 9.17) is 19.0 Å². The summed E-state index contributed by atoms with van der Waals surface area (Å²) < 4.78 is 21.3. The second-order valence-corrected chi connectivity index (χ2v) is 9.32. The van der Waals surface area contributed by atoms with Crippen LogP contribution in [0.25, 0.3) is 16.0 Å². The number of nitro groups is 1. The van der Waals surface area contributed by atoms with Crippen molar-refractivity contribution in [2.24, 2.45) is 0 Å². The third kappa shape index (κ3) is 5.64. The van der Waals surface area contributed by atoms with Gasteiger partial charge in [0.1, 0.15) is 16.4 Å². The van der Waals surface area contributed by atoms with Crippen molar-refractivity contribution in [3.8, 4) is 21.9 Å². The molecular formula is C27H27NO7S. The largest absolute Gasteiger partial charge is 0.471 e. The van der Waals surface area contributed by atoms with Crippen molar-refractivity contribution < 1.29 is 28.7 Å². The lowest BCUT2D eigenvalue weighted by Gasteiger charge is -2.30. The summed E-state index contributed by atoms with van der Waals surface area (Å²) in [5.41, 5.74) is 2.84. The molecule has 0 bridgehead atoms. The Labute approximate surface area is 213 Å². The molecule has 0 N–H and O–H groups in total. The predicted octanol–water partition coefficient (Wildman–Crippen LogP) is 6.52. The van der Waals surface area contributed by atoms with Crippen LogP contribution in [-0.4, -0.2) is 37.5 Å². The van der Waals surface area contributed by atoms with E-state index in [2.05, 4.69) is 4.74 Å². The molecule has 1 spiro atoms. The van der Waals surface area contributed by atoms with Crippen LogP contribution in [0, 0.1) is 17.0 Å². The molecule has 2 heterocycles. The second kappa shape index (κ2) is 11.5. The number of nitrogens with zero attached hydrogens (tertiary/aromatic N) is 1. The highest BCUT2D eigenvalue weighted by molar-refractivity contribution is 7.17. The second-order valence-electron chi connectivity index (χ2n) is 8.30. The molecule has 2 aromatic carbocycles. The van der Waals surface area contributed by atoms with Crippen molar-refractivity contribution in [1.29, 1.82) is 0 Å². The van der Waals surface area contributed by atoms with Gasteiger partial charge in [-0.05, 0) is 60.9 Å². The van der Waals surface area contributed by atoms with Crippen molar-refractivity contribution >= 4 is 29.1 Å². The first-order chi connectivity index (χ1) is 17.5. The quantitative estimate of drug-likeness (QED) is 0.212. The van der Waals surface area contributed by atoms with Gasteiger partial charge in [0.25, 0.3) is 12.2 Å². The zero-order chi connectivity index (χ0) is 25.5. The van der Waals surface area contributed by atoms with Crippen LogP contribution in [0.4, 0.5) is 5.69 Å². The maximum Gasteiger partial charge on any atom is 0.292 e. The molecule has 0 saturated carbocycles. The summed E-state index contributed by atoms with van der Waals surface area (Å²) in [7, 11) is 1.31. The fourth-order valence-corrected chi connectivity index (χ4v) is 5.64. The fraction of sp³-hybridized carbons (Fsp3) is 0.296. The van der Waals surface area contributed by atoms with E-state index in [1.807, 2.05) is 67.6 Å². The van der Waals surface area contributed by atoms with Gasteiger partial charge in [0.05, 0.1) is 25.2 Å². The third-order valence-electron chi connectivity index (χ3n) is 6.03. The average Bonchev–Trinajstić information content (AvgIpc) is 3.50. The molecule has 0 atom stereocenters. The number of carbonyl (C=O) groups excluding carboxylic acids is 1. The lowest BCUT2D eigenvalue weighted by Crippen LogP contribution is -2.31. The van der Waals surface area contributed by atoms with Gasteiger partial charge in [-0.15, -0.1) is 11.3 Å². The number of methoxy groups -OCH3 is 1. The van der Waals surface area contributed by atoms with E-state index in [1.54, 1.807) is 0 Å². The molecule has 1 aliphatic heterocycles. The highest BCUT2D eigenvalue weighted by Gasteiger charge is 2.39. The minimum Gasteiger partial charge on any atom is -0.471 e. The summed E-state index contributed by atoms with van der Waals surface area (Å²) in [5, 5.41) is 12.0. The lowest BCUT2D eigenvalue weighted by atomic mass is 9.92. The highest BCUT2D eigenvalue weighted by atomic mass is 32.1. The smallest absolute Gasteiger partial charge is 0.292 e. The topological polar surface area (TPSA) is 97.1 Å². The van der Waals surface area contributed by atoms with Crippen molar-refractivity contribution in [3.05, 3.63) is 81.2 Å². The Morgan fingerprint density at radius 1 is 1.03 bits per heavy atom. The molecule has 1 aromatic heterocycles. The molecule has 0 unspecified atom stereocenters. The first-order valence-electron chi connectivity index (χ1n) is 11.5. The van der Waals surface area contributed by atoms with Gasteiger partial charge in [0.2, 0.25) is 0 Å². The molecule has 5 rings (SSSR count). The monoisotopic (exact) mass is 509 g/mol. The zero-order valence-electron chi connectivity index (χ0n) is 20.1. The third-order valence-corrected chi connectivity index (χ3v) is 7.43. The number of hydrogen-bond donors (Lipinski definition) is 0. The van der Waals surface area contributed by atoms with Crippen molar-refractivity contribution in [2.75, 3.05) is 20.3 Å². The van der Waals surface area contributed by atoms with Crippen LogP contribution in [0.15, 0.2) is 60.7 Å². The van der Waals surface area contributed by atoms with Gasteiger partial charge in [-0.1, -0.05) is 24.3 Å². The Morgan fingerprint density at radius 3 is 2.22 bits per heavy atom. The van der Waals surface area contributed by atoms with Crippen LogP contribution in [0.3, 0.4) is 0 Å². The van der Waals surface area contributed by atoms with E-state index in [0.29, 0.717) is 44.5 Å². The molecule has 9 heteroatoms. The van der Waals surface area contributed by atoms with E-state index in [0.717, 1.165) is 32.4 Å². The average molecular weight is 510 g/mol. The SMILES string of the molecule is COC=O.Cc1c(-c2ccc(Oc3ccccc3)cc2)sc(C2=CCC3(CC2)OCCO3)c1[N+](=O)[O-]. The Kier molecular flexibility index (Phi) is 8.14. The number of ether oxygens (including phenoxy) is 4. The summed E-state index contributed by atoms with van der Waals surface area (Å²) in [6.45, 7) is 3.42. The van der Waals surface area contributed by atoms with Crippen LogP contribution >= 0.6 is 11.3 Å². The van der Waals surface area contributed by atoms with Crippen LogP contribution in [0.5, 0.6) is 11.5 Å². The minimum absolute atomic E-state index is 0.199. The standard InChI is InChI=1S/C25H23NO5S.C2H4O2/c1-17-22(26(27)28)24(19-11-13-25(14-12-19)29-15-16-30-25)32-23(17)18-7-9-21(10-8-18)31-20-5-3-2-4-6-20;1-4-2-3/h2-11H,12-16H2,1H3;2H,1H3. The number of rotatable bonds is 6. The molecular weight excluding hydrogens is 482 g/mol. The molecule has 3 aromatic rings. The first kappa shape index (κ1) is 25.6. The van der Waals surface area contributed by atoms with Crippen molar-refractivity contribution in [2.45, 2.75) is 32.0 Å². The van der Waals surface area contributed by atoms with Crippen LogP contribution in [0.2, 0.25) is 0 Å². The van der Waals surface area contributed by atoms with Gasteiger partial charge < -0.3 is 18.9 Å². The molecule has 0 radical (unpaired) electrons. The van der Waals surface area contributed by atoms with Gasteiger partial charge in [-0.2, -0.15) is 0 Å². The van der Waals surface area contributed by atoms with Crippen molar-refractivity contribution in [3.63, 3.8) is 0 Å². The van der Waals surface area contributed by atoms with Gasteiger partial charge in [-0.25, -0.2) is 0 Å². The summed E-state index contributed by atoms with van der Waals surface area (Å²) in [6.07, 6.45) is 4.09. The molecule has 8 nitrogen and oxygen atoms in total. The molecule has 1 fully saturated rings. The molecule has 2 aliphatic rings. The first-order valence-corrected chi connectivity index (χ1v) is 12.3. The predicted molar refractivity (Wildman–Crippen MR) is 137 cm³/mol. The van der Waals surface area contributed by atoms with Gasteiger partial charge in [0.15, 0.2) is 5.79 Å². The van der Waals surface area contributed by atoms with Gasteiger partial charge >= 0.3 is 0 Å². The van der Waals surface area contributed by atoms with E-state index >= 15 is 0 Å². The molecule has 1 aliphatic carbocycles. The highest BCUT2D eigenvalue weighted by Crippen LogP contribution is 2.48. The maximum absolute atomic E-state index is 12.0. The van der Waals surface area contributed by atoms with E-state index in [1.165, 1.54) is 18.4 Å². The van der Waals surface area contributed by atoms with E-state index in [-0.39, 0.29) is 10.6 Å². The molecule has 0 amide bonds. The Morgan fingerprint density at radius 2 is 1.67 bits per heavy atom. The number of benzene rings is 2. The van der Waals surface area contributed by atoms with Crippen LogP contribution < -0.4 is 4.74 Å². The number of thiophene rings is 1. The Hall–Kier alpha value is -3.53. The number of carbonyl (C=O) groups is 1.